The van der Waals surface area contributed by atoms with Crippen molar-refractivity contribution < 1.29 is 0 Å². The SMILES string of the molecule is CC1(C)C2=C(c3ccccc3C2)c2ccccc21. The van der Waals surface area contributed by atoms with E-state index in [0.717, 1.165) is 6.42 Å². The summed E-state index contributed by atoms with van der Waals surface area (Å²) in [6, 6.07) is 17.7. The number of hydrogen-bond donors (Lipinski definition) is 0. The summed E-state index contributed by atoms with van der Waals surface area (Å²) in [6.07, 6.45) is 1.12. The second kappa shape index (κ2) is 3.14. The lowest BCUT2D eigenvalue weighted by molar-refractivity contribution is 0.625. The molecule has 0 atom stereocenters. The molecule has 0 bridgehead atoms. The third kappa shape index (κ3) is 1.06. The van der Waals surface area contributed by atoms with Gasteiger partial charge in [-0.15, -0.1) is 0 Å². The number of allylic oxidation sites excluding steroid dienone is 1. The Hall–Kier alpha value is -1.82. The predicted octanol–water partition coefficient (Wildman–Crippen LogP) is 4.34. The summed E-state index contributed by atoms with van der Waals surface area (Å²) >= 11 is 0. The van der Waals surface area contributed by atoms with Crippen molar-refractivity contribution in [2.45, 2.75) is 25.7 Å². The normalized spacial score (nSPS) is 18.6. The number of hydrogen-bond acceptors (Lipinski definition) is 0. The molecule has 2 aromatic carbocycles. The maximum absolute atomic E-state index is 2.36. The Morgan fingerprint density at radius 2 is 1.50 bits per heavy atom. The molecule has 0 aliphatic heterocycles. The number of fused-ring (bicyclic) bond motifs is 4. The van der Waals surface area contributed by atoms with Gasteiger partial charge in [-0.25, -0.2) is 0 Å². The van der Waals surface area contributed by atoms with E-state index in [0.29, 0.717) is 0 Å². The average Bonchev–Trinajstić information content (AvgIpc) is 2.87. The Labute approximate surface area is 108 Å². The molecule has 0 saturated carbocycles. The van der Waals surface area contributed by atoms with E-state index in [4.69, 9.17) is 0 Å². The average molecular weight is 232 g/mol. The molecule has 0 amide bonds. The Bertz CT molecular complexity index is 687. The monoisotopic (exact) mass is 232 g/mol. The Morgan fingerprint density at radius 3 is 2.33 bits per heavy atom. The summed E-state index contributed by atoms with van der Waals surface area (Å²) in [5.41, 5.74) is 9.17. The van der Waals surface area contributed by atoms with Crippen molar-refractivity contribution in [1.82, 2.24) is 0 Å². The molecule has 0 N–H and O–H groups in total. The lowest BCUT2D eigenvalue weighted by Crippen LogP contribution is -2.17. The van der Waals surface area contributed by atoms with Crippen LogP contribution in [0.4, 0.5) is 0 Å². The molecular formula is C18H16. The third-order valence-electron chi connectivity index (χ3n) is 4.58. The van der Waals surface area contributed by atoms with Crippen molar-refractivity contribution in [2.75, 3.05) is 0 Å². The van der Waals surface area contributed by atoms with Gasteiger partial charge in [0.05, 0.1) is 0 Å². The fraction of sp³-hybridized carbons (Fsp3) is 0.222. The first-order valence-corrected chi connectivity index (χ1v) is 6.61. The van der Waals surface area contributed by atoms with Gasteiger partial charge in [-0.3, -0.25) is 0 Å². The second-order valence-corrected chi connectivity index (χ2v) is 5.86. The van der Waals surface area contributed by atoms with Crippen LogP contribution in [-0.2, 0) is 11.8 Å². The van der Waals surface area contributed by atoms with Crippen molar-refractivity contribution in [3.63, 3.8) is 0 Å². The smallest absolute Gasteiger partial charge is 0.0124 e. The third-order valence-corrected chi connectivity index (χ3v) is 4.58. The molecular weight excluding hydrogens is 216 g/mol. The highest BCUT2D eigenvalue weighted by Gasteiger charge is 2.41. The van der Waals surface area contributed by atoms with Gasteiger partial charge in [-0.2, -0.15) is 0 Å². The first kappa shape index (κ1) is 10.1. The molecule has 0 nitrogen and oxygen atoms in total. The van der Waals surface area contributed by atoms with Crippen molar-refractivity contribution >= 4 is 5.57 Å². The van der Waals surface area contributed by atoms with Gasteiger partial charge in [0.2, 0.25) is 0 Å². The highest BCUT2D eigenvalue weighted by Crippen LogP contribution is 2.53. The molecule has 0 spiro atoms. The van der Waals surface area contributed by atoms with E-state index < -0.39 is 0 Å². The maximum Gasteiger partial charge on any atom is 0.0124 e. The van der Waals surface area contributed by atoms with Crippen LogP contribution in [0.1, 0.15) is 36.1 Å². The Morgan fingerprint density at radius 1 is 0.833 bits per heavy atom. The van der Waals surface area contributed by atoms with Crippen LogP contribution in [0.2, 0.25) is 0 Å². The van der Waals surface area contributed by atoms with Crippen LogP contribution < -0.4 is 0 Å². The summed E-state index contributed by atoms with van der Waals surface area (Å²) in [6.45, 7) is 4.72. The molecule has 0 fully saturated rings. The molecule has 0 aromatic heterocycles. The topological polar surface area (TPSA) is 0 Å². The van der Waals surface area contributed by atoms with Gasteiger partial charge in [-0.1, -0.05) is 62.4 Å². The van der Waals surface area contributed by atoms with E-state index in [1.165, 1.54) is 27.8 Å². The molecule has 0 heteroatoms. The van der Waals surface area contributed by atoms with Gasteiger partial charge in [0, 0.05) is 5.41 Å². The highest BCUT2D eigenvalue weighted by atomic mass is 14.4. The van der Waals surface area contributed by atoms with E-state index in [1.54, 1.807) is 5.57 Å². The van der Waals surface area contributed by atoms with Crippen LogP contribution in [0.25, 0.3) is 5.57 Å². The Balaban J connectivity index is 2.06. The van der Waals surface area contributed by atoms with Crippen molar-refractivity contribution in [1.29, 1.82) is 0 Å². The summed E-state index contributed by atoms with van der Waals surface area (Å²) in [7, 11) is 0. The molecule has 0 unspecified atom stereocenters. The minimum atomic E-state index is 0.185. The van der Waals surface area contributed by atoms with Crippen molar-refractivity contribution in [3.8, 4) is 0 Å². The first-order valence-electron chi connectivity index (χ1n) is 6.61. The molecule has 2 aliphatic carbocycles. The van der Waals surface area contributed by atoms with Crippen molar-refractivity contribution in [3.05, 3.63) is 76.4 Å². The molecule has 2 aromatic rings. The summed E-state index contributed by atoms with van der Waals surface area (Å²) in [4.78, 5) is 0. The van der Waals surface area contributed by atoms with E-state index in [9.17, 15) is 0 Å². The minimum Gasteiger partial charge on any atom is -0.0619 e. The van der Waals surface area contributed by atoms with E-state index in [2.05, 4.69) is 62.4 Å². The van der Waals surface area contributed by atoms with Crippen LogP contribution in [0.5, 0.6) is 0 Å². The lowest BCUT2D eigenvalue weighted by Gasteiger charge is -2.24. The number of rotatable bonds is 0. The predicted molar refractivity (Wildman–Crippen MR) is 75.6 cm³/mol. The van der Waals surface area contributed by atoms with Crippen LogP contribution in [0, 0.1) is 0 Å². The molecule has 4 rings (SSSR count). The van der Waals surface area contributed by atoms with Gasteiger partial charge in [0.1, 0.15) is 0 Å². The Kier molecular flexibility index (Phi) is 1.77. The maximum atomic E-state index is 2.36. The minimum absolute atomic E-state index is 0.185. The van der Waals surface area contributed by atoms with Crippen LogP contribution in [0.15, 0.2) is 54.1 Å². The molecule has 88 valence electrons. The molecule has 0 saturated heterocycles. The number of benzene rings is 2. The van der Waals surface area contributed by atoms with Crippen LogP contribution >= 0.6 is 0 Å². The zero-order valence-electron chi connectivity index (χ0n) is 10.8. The quantitative estimate of drug-likeness (QED) is 0.634. The van der Waals surface area contributed by atoms with E-state index in [1.807, 2.05) is 0 Å². The summed E-state index contributed by atoms with van der Waals surface area (Å²) in [5, 5.41) is 0. The standard InChI is InChI=1S/C18H16/c1-18(2)15-10-6-5-9-14(15)17-13-8-4-3-7-12(13)11-16(17)18/h3-10H,11H2,1-2H3. The van der Waals surface area contributed by atoms with Crippen LogP contribution in [0.3, 0.4) is 0 Å². The fourth-order valence-corrected chi connectivity index (χ4v) is 3.61. The van der Waals surface area contributed by atoms with Gasteiger partial charge in [0.25, 0.3) is 0 Å². The van der Waals surface area contributed by atoms with Gasteiger partial charge in [-0.05, 0) is 39.8 Å². The van der Waals surface area contributed by atoms with E-state index in [-0.39, 0.29) is 5.41 Å². The molecule has 0 heterocycles. The second-order valence-electron chi connectivity index (χ2n) is 5.86. The summed E-state index contributed by atoms with van der Waals surface area (Å²) in [5.74, 6) is 0. The lowest BCUT2D eigenvalue weighted by atomic mass is 9.80. The molecule has 0 radical (unpaired) electrons. The van der Waals surface area contributed by atoms with Crippen LogP contribution in [-0.4, -0.2) is 0 Å². The molecule has 18 heavy (non-hydrogen) atoms. The molecule has 2 aliphatic rings. The highest BCUT2D eigenvalue weighted by molar-refractivity contribution is 5.94. The van der Waals surface area contributed by atoms with Crippen molar-refractivity contribution in [2.24, 2.45) is 0 Å². The summed E-state index contributed by atoms with van der Waals surface area (Å²) < 4.78 is 0. The van der Waals surface area contributed by atoms with Gasteiger partial charge in [0.15, 0.2) is 0 Å². The largest absolute Gasteiger partial charge is 0.0619 e. The first-order chi connectivity index (χ1) is 8.69. The fourth-order valence-electron chi connectivity index (χ4n) is 3.61. The van der Waals surface area contributed by atoms with Gasteiger partial charge >= 0.3 is 0 Å². The zero-order chi connectivity index (χ0) is 12.3. The zero-order valence-corrected chi connectivity index (χ0v) is 10.8. The van der Waals surface area contributed by atoms with Gasteiger partial charge < -0.3 is 0 Å². The van der Waals surface area contributed by atoms with E-state index >= 15 is 0 Å².